The Labute approximate surface area is 164 Å². The molecule has 1 unspecified atom stereocenters. The van der Waals surface area contributed by atoms with Crippen LogP contribution in [0.1, 0.15) is 25.5 Å². The van der Waals surface area contributed by atoms with E-state index in [4.69, 9.17) is 15.2 Å². The molecule has 4 nitrogen and oxygen atoms in total. The Morgan fingerprint density at radius 2 is 1.50 bits per heavy atom. The number of benzene rings is 3. The van der Waals surface area contributed by atoms with Crippen molar-refractivity contribution in [3.63, 3.8) is 0 Å². The molecular weight excluding hydrogens is 350 g/mol. The molecule has 0 fully saturated rings. The van der Waals surface area contributed by atoms with E-state index in [1.54, 1.807) is 0 Å². The average molecular weight is 373 g/mol. The summed E-state index contributed by atoms with van der Waals surface area (Å²) in [4.78, 5) is 11.4. The van der Waals surface area contributed by atoms with Gasteiger partial charge in [-0.1, -0.05) is 80.6 Å². The first-order valence-corrected chi connectivity index (χ1v) is 9.33. The van der Waals surface area contributed by atoms with Gasteiger partial charge in [-0.3, -0.25) is 0 Å². The Morgan fingerprint density at radius 3 is 2.14 bits per heavy atom. The SMILES string of the molecule is CC1(C)COc2cc(-c3ccc(-c4ccccc4)cc3)ccc2C1OC(N)=O. The van der Waals surface area contributed by atoms with E-state index in [9.17, 15) is 4.79 Å². The van der Waals surface area contributed by atoms with Crippen LogP contribution in [0.3, 0.4) is 0 Å². The normalized spacial score (nSPS) is 17.3. The van der Waals surface area contributed by atoms with Crippen LogP contribution in [-0.4, -0.2) is 12.7 Å². The van der Waals surface area contributed by atoms with Gasteiger partial charge in [0.2, 0.25) is 0 Å². The van der Waals surface area contributed by atoms with Gasteiger partial charge < -0.3 is 15.2 Å². The van der Waals surface area contributed by atoms with Crippen molar-refractivity contribution in [2.24, 2.45) is 11.1 Å². The third kappa shape index (κ3) is 3.46. The summed E-state index contributed by atoms with van der Waals surface area (Å²) in [6.45, 7) is 4.45. The van der Waals surface area contributed by atoms with Gasteiger partial charge in [0.05, 0.1) is 6.61 Å². The molecule has 3 aromatic rings. The summed E-state index contributed by atoms with van der Waals surface area (Å²) < 4.78 is 11.4. The maximum absolute atomic E-state index is 11.4. The molecule has 4 rings (SSSR count). The lowest BCUT2D eigenvalue weighted by Gasteiger charge is -2.38. The second-order valence-corrected chi connectivity index (χ2v) is 7.79. The summed E-state index contributed by atoms with van der Waals surface area (Å²) in [5.41, 5.74) is 10.3. The number of hydrogen-bond donors (Lipinski definition) is 1. The van der Waals surface area contributed by atoms with Crippen LogP contribution in [0, 0.1) is 5.41 Å². The quantitative estimate of drug-likeness (QED) is 0.652. The summed E-state index contributed by atoms with van der Waals surface area (Å²) >= 11 is 0. The Bertz CT molecular complexity index is 994. The molecule has 1 aliphatic heterocycles. The number of carbonyl (C=O) groups is 1. The molecule has 0 bridgehead atoms. The fourth-order valence-corrected chi connectivity index (χ4v) is 3.64. The predicted octanol–water partition coefficient (Wildman–Crippen LogP) is 5.58. The second-order valence-electron chi connectivity index (χ2n) is 7.79. The highest BCUT2D eigenvalue weighted by Crippen LogP contribution is 2.46. The van der Waals surface area contributed by atoms with Gasteiger partial charge in [0.1, 0.15) is 11.9 Å². The Morgan fingerprint density at radius 1 is 0.929 bits per heavy atom. The van der Waals surface area contributed by atoms with Gasteiger partial charge in [-0.25, -0.2) is 4.79 Å². The maximum Gasteiger partial charge on any atom is 0.405 e. The van der Waals surface area contributed by atoms with E-state index in [2.05, 4.69) is 36.4 Å². The third-order valence-electron chi connectivity index (χ3n) is 5.16. The van der Waals surface area contributed by atoms with E-state index in [0.29, 0.717) is 6.61 Å². The van der Waals surface area contributed by atoms with Gasteiger partial charge in [-0.15, -0.1) is 0 Å². The molecule has 0 saturated carbocycles. The summed E-state index contributed by atoms with van der Waals surface area (Å²) in [7, 11) is 0. The van der Waals surface area contributed by atoms with Gasteiger partial charge in [0, 0.05) is 11.0 Å². The minimum Gasteiger partial charge on any atom is -0.492 e. The van der Waals surface area contributed by atoms with Crippen LogP contribution >= 0.6 is 0 Å². The van der Waals surface area contributed by atoms with Crippen LogP contribution in [-0.2, 0) is 4.74 Å². The summed E-state index contributed by atoms with van der Waals surface area (Å²) in [5, 5.41) is 0. The van der Waals surface area contributed by atoms with Crippen molar-refractivity contribution in [3.8, 4) is 28.0 Å². The molecule has 0 aromatic heterocycles. The first-order chi connectivity index (χ1) is 13.4. The third-order valence-corrected chi connectivity index (χ3v) is 5.16. The molecule has 0 saturated heterocycles. The molecule has 3 aromatic carbocycles. The molecule has 142 valence electrons. The van der Waals surface area contributed by atoms with Crippen molar-refractivity contribution >= 4 is 6.09 Å². The number of rotatable bonds is 3. The van der Waals surface area contributed by atoms with Crippen LogP contribution in [0.4, 0.5) is 4.79 Å². The molecule has 0 aliphatic carbocycles. The molecule has 2 N–H and O–H groups in total. The van der Waals surface area contributed by atoms with Crippen molar-refractivity contribution in [1.82, 2.24) is 0 Å². The highest BCUT2D eigenvalue weighted by Gasteiger charge is 2.40. The number of primary amides is 1. The number of fused-ring (bicyclic) bond motifs is 1. The standard InChI is InChI=1S/C24H23NO3/c1-24(2)15-27-21-14-19(12-13-20(21)22(24)28-23(25)26)18-10-8-17(9-11-18)16-6-4-3-5-7-16/h3-14,22H,15H2,1-2H3,(H2,25,26). The van der Waals surface area contributed by atoms with Crippen molar-refractivity contribution in [2.45, 2.75) is 20.0 Å². The minimum atomic E-state index is -0.772. The van der Waals surface area contributed by atoms with Gasteiger partial charge in [0.25, 0.3) is 0 Å². The average Bonchev–Trinajstić information content (AvgIpc) is 2.70. The van der Waals surface area contributed by atoms with Crippen molar-refractivity contribution in [2.75, 3.05) is 6.61 Å². The van der Waals surface area contributed by atoms with Gasteiger partial charge in [-0.2, -0.15) is 0 Å². The van der Waals surface area contributed by atoms with E-state index in [0.717, 1.165) is 22.4 Å². The zero-order valence-corrected chi connectivity index (χ0v) is 16.0. The van der Waals surface area contributed by atoms with Crippen molar-refractivity contribution in [3.05, 3.63) is 78.4 Å². The summed E-state index contributed by atoms with van der Waals surface area (Å²) in [6.07, 6.45) is -1.20. The minimum absolute atomic E-state index is 0.346. The van der Waals surface area contributed by atoms with Crippen molar-refractivity contribution in [1.29, 1.82) is 0 Å². The van der Waals surface area contributed by atoms with Crippen LogP contribution in [0.25, 0.3) is 22.3 Å². The number of nitrogens with two attached hydrogens (primary N) is 1. The highest BCUT2D eigenvalue weighted by atomic mass is 16.6. The number of hydrogen-bond acceptors (Lipinski definition) is 3. The maximum atomic E-state index is 11.4. The fraction of sp³-hybridized carbons (Fsp3) is 0.208. The molecule has 1 aliphatic rings. The first kappa shape index (κ1) is 18.1. The Balaban J connectivity index is 1.65. The molecule has 1 amide bonds. The number of ether oxygens (including phenoxy) is 2. The van der Waals surface area contributed by atoms with Crippen LogP contribution in [0.5, 0.6) is 5.75 Å². The largest absolute Gasteiger partial charge is 0.492 e. The lowest BCUT2D eigenvalue weighted by Crippen LogP contribution is -2.37. The molecule has 1 atom stereocenters. The van der Waals surface area contributed by atoms with E-state index < -0.39 is 12.2 Å². The smallest absolute Gasteiger partial charge is 0.405 e. The molecule has 0 radical (unpaired) electrons. The van der Waals surface area contributed by atoms with Crippen LogP contribution in [0.15, 0.2) is 72.8 Å². The number of carbonyl (C=O) groups excluding carboxylic acids is 1. The summed E-state index contributed by atoms with van der Waals surface area (Å²) in [6, 6.07) is 24.7. The van der Waals surface area contributed by atoms with E-state index >= 15 is 0 Å². The highest BCUT2D eigenvalue weighted by molar-refractivity contribution is 5.72. The topological polar surface area (TPSA) is 61.6 Å². The van der Waals surface area contributed by atoms with Gasteiger partial charge in [-0.05, 0) is 28.3 Å². The summed E-state index contributed by atoms with van der Waals surface area (Å²) in [5.74, 6) is 0.732. The van der Waals surface area contributed by atoms with Crippen molar-refractivity contribution < 1.29 is 14.3 Å². The second kappa shape index (κ2) is 7.04. The zero-order chi connectivity index (χ0) is 19.7. The Hall–Kier alpha value is -3.27. The Kier molecular flexibility index (Phi) is 4.55. The van der Waals surface area contributed by atoms with Gasteiger partial charge in [0.15, 0.2) is 0 Å². The van der Waals surface area contributed by atoms with Crippen LogP contribution in [0.2, 0.25) is 0 Å². The fourth-order valence-electron chi connectivity index (χ4n) is 3.64. The monoisotopic (exact) mass is 373 g/mol. The van der Waals surface area contributed by atoms with E-state index in [-0.39, 0.29) is 5.41 Å². The molecule has 0 spiro atoms. The predicted molar refractivity (Wildman–Crippen MR) is 110 cm³/mol. The first-order valence-electron chi connectivity index (χ1n) is 9.33. The van der Waals surface area contributed by atoms with E-state index in [1.807, 2.05) is 50.2 Å². The molecular formula is C24H23NO3. The molecule has 1 heterocycles. The van der Waals surface area contributed by atoms with Gasteiger partial charge >= 0.3 is 6.09 Å². The van der Waals surface area contributed by atoms with Crippen LogP contribution < -0.4 is 10.5 Å². The lowest BCUT2D eigenvalue weighted by molar-refractivity contribution is -0.0176. The lowest BCUT2D eigenvalue weighted by atomic mass is 9.80. The molecule has 28 heavy (non-hydrogen) atoms. The molecule has 4 heteroatoms. The zero-order valence-electron chi connectivity index (χ0n) is 16.0. The number of amides is 1. The van der Waals surface area contributed by atoms with E-state index in [1.165, 1.54) is 11.1 Å².